The van der Waals surface area contributed by atoms with Gasteiger partial charge >= 0.3 is 5.97 Å². The van der Waals surface area contributed by atoms with Crippen LogP contribution in [0.3, 0.4) is 0 Å². The molecule has 1 N–H and O–H groups in total. The van der Waals surface area contributed by atoms with Gasteiger partial charge in [0.2, 0.25) is 0 Å². The van der Waals surface area contributed by atoms with Gasteiger partial charge in [-0.3, -0.25) is 0 Å². The summed E-state index contributed by atoms with van der Waals surface area (Å²) in [5.74, 6) is -0.0511. The SMILES string of the molecule is COc1ccc(C(=O)O)cc1COc1cc(Cl)ccc1Cl. The minimum atomic E-state index is -1.01. The molecule has 0 aromatic heterocycles. The number of carboxylic acid groups (broad SMARTS) is 1. The van der Waals surface area contributed by atoms with Crippen molar-refractivity contribution < 1.29 is 19.4 Å². The second-order valence-electron chi connectivity index (χ2n) is 4.20. The van der Waals surface area contributed by atoms with E-state index in [1.807, 2.05) is 0 Å². The molecule has 0 bridgehead atoms. The Morgan fingerprint density at radius 1 is 1.14 bits per heavy atom. The van der Waals surface area contributed by atoms with E-state index in [9.17, 15) is 4.79 Å². The maximum Gasteiger partial charge on any atom is 0.335 e. The first kappa shape index (κ1) is 15.5. The van der Waals surface area contributed by atoms with Gasteiger partial charge in [0.05, 0.1) is 17.7 Å². The van der Waals surface area contributed by atoms with Crippen LogP contribution in [-0.2, 0) is 6.61 Å². The molecule has 0 atom stereocenters. The van der Waals surface area contributed by atoms with Gasteiger partial charge in [0, 0.05) is 16.7 Å². The highest BCUT2D eigenvalue weighted by molar-refractivity contribution is 6.34. The third-order valence-corrected chi connectivity index (χ3v) is 3.35. The van der Waals surface area contributed by atoms with Crippen LogP contribution in [0.4, 0.5) is 0 Å². The minimum absolute atomic E-state index is 0.115. The Hall–Kier alpha value is -1.91. The molecular formula is C15H12Cl2O4. The summed E-state index contributed by atoms with van der Waals surface area (Å²) in [4.78, 5) is 11.0. The van der Waals surface area contributed by atoms with Crippen LogP contribution < -0.4 is 9.47 Å². The molecular weight excluding hydrogens is 315 g/mol. The monoisotopic (exact) mass is 326 g/mol. The van der Waals surface area contributed by atoms with Crippen molar-refractivity contribution >= 4 is 29.2 Å². The number of carboxylic acids is 1. The fourth-order valence-electron chi connectivity index (χ4n) is 1.77. The number of benzene rings is 2. The van der Waals surface area contributed by atoms with Gasteiger partial charge in [-0.05, 0) is 30.3 Å². The zero-order chi connectivity index (χ0) is 15.4. The lowest BCUT2D eigenvalue weighted by Gasteiger charge is -2.12. The Kier molecular flexibility index (Phi) is 4.94. The van der Waals surface area contributed by atoms with E-state index in [0.717, 1.165) is 0 Å². The molecule has 6 heteroatoms. The van der Waals surface area contributed by atoms with Crippen molar-refractivity contribution in [2.24, 2.45) is 0 Å². The predicted molar refractivity (Wildman–Crippen MR) is 80.7 cm³/mol. The summed E-state index contributed by atoms with van der Waals surface area (Å²) in [6, 6.07) is 9.43. The molecule has 110 valence electrons. The summed E-state index contributed by atoms with van der Waals surface area (Å²) >= 11 is 11.9. The molecule has 0 spiro atoms. The van der Waals surface area contributed by atoms with E-state index in [-0.39, 0.29) is 12.2 Å². The first-order valence-electron chi connectivity index (χ1n) is 5.99. The van der Waals surface area contributed by atoms with E-state index in [2.05, 4.69) is 0 Å². The third-order valence-electron chi connectivity index (χ3n) is 2.80. The molecule has 21 heavy (non-hydrogen) atoms. The van der Waals surface area contributed by atoms with E-state index in [1.54, 1.807) is 24.3 Å². The van der Waals surface area contributed by atoms with Crippen LogP contribution >= 0.6 is 23.2 Å². The molecule has 2 rings (SSSR count). The maximum absolute atomic E-state index is 11.0. The van der Waals surface area contributed by atoms with Crippen molar-refractivity contribution in [2.75, 3.05) is 7.11 Å². The number of hydrogen-bond donors (Lipinski definition) is 1. The van der Waals surface area contributed by atoms with Crippen molar-refractivity contribution in [3.8, 4) is 11.5 Å². The molecule has 0 heterocycles. The first-order valence-corrected chi connectivity index (χ1v) is 6.75. The van der Waals surface area contributed by atoms with E-state index < -0.39 is 5.97 Å². The van der Waals surface area contributed by atoms with Crippen molar-refractivity contribution in [3.63, 3.8) is 0 Å². The number of ether oxygens (including phenoxy) is 2. The van der Waals surface area contributed by atoms with Crippen LogP contribution in [0, 0.1) is 0 Å². The number of rotatable bonds is 5. The standard InChI is InChI=1S/C15H12Cl2O4/c1-20-13-5-2-9(15(18)19)6-10(13)8-21-14-7-11(16)3-4-12(14)17/h2-7H,8H2,1H3,(H,18,19). The fourth-order valence-corrected chi connectivity index (χ4v) is 2.10. The largest absolute Gasteiger partial charge is 0.496 e. The van der Waals surface area contributed by atoms with Crippen LogP contribution in [0.1, 0.15) is 15.9 Å². The van der Waals surface area contributed by atoms with Crippen LogP contribution in [0.2, 0.25) is 10.0 Å². The number of halogens is 2. The number of aromatic carboxylic acids is 1. The van der Waals surface area contributed by atoms with Crippen molar-refractivity contribution in [3.05, 3.63) is 57.6 Å². The van der Waals surface area contributed by atoms with Crippen molar-refractivity contribution in [1.29, 1.82) is 0 Å². The molecule has 0 radical (unpaired) electrons. The lowest BCUT2D eigenvalue weighted by molar-refractivity contribution is 0.0696. The Labute approximate surface area is 131 Å². The van der Waals surface area contributed by atoms with E-state index in [1.165, 1.54) is 19.2 Å². The normalized spacial score (nSPS) is 10.2. The molecule has 0 fully saturated rings. The zero-order valence-electron chi connectivity index (χ0n) is 11.1. The van der Waals surface area contributed by atoms with Crippen molar-refractivity contribution in [2.45, 2.75) is 6.61 Å². The maximum atomic E-state index is 11.0. The zero-order valence-corrected chi connectivity index (χ0v) is 12.6. The molecule has 0 aliphatic carbocycles. The molecule has 4 nitrogen and oxygen atoms in total. The average Bonchev–Trinajstić information content (AvgIpc) is 2.47. The summed E-state index contributed by atoms with van der Waals surface area (Å²) < 4.78 is 10.8. The number of hydrogen-bond acceptors (Lipinski definition) is 3. The smallest absolute Gasteiger partial charge is 0.335 e. The van der Waals surface area contributed by atoms with Gasteiger partial charge in [0.25, 0.3) is 0 Å². The van der Waals surface area contributed by atoms with Gasteiger partial charge in [-0.1, -0.05) is 23.2 Å². The molecule has 0 saturated carbocycles. The molecule has 2 aromatic carbocycles. The topological polar surface area (TPSA) is 55.8 Å². The third kappa shape index (κ3) is 3.80. The summed E-state index contributed by atoms with van der Waals surface area (Å²) in [7, 11) is 1.51. The lowest BCUT2D eigenvalue weighted by atomic mass is 10.1. The second kappa shape index (κ2) is 6.70. The quantitative estimate of drug-likeness (QED) is 0.890. The first-order chi connectivity index (χ1) is 10.0. The molecule has 0 aliphatic heterocycles. The van der Waals surface area contributed by atoms with Crippen LogP contribution in [-0.4, -0.2) is 18.2 Å². The van der Waals surface area contributed by atoms with Crippen molar-refractivity contribution in [1.82, 2.24) is 0 Å². The Morgan fingerprint density at radius 3 is 2.57 bits per heavy atom. The summed E-state index contributed by atoms with van der Waals surface area (Å²) in [6.45, 7) is 0.115. The molecule has 0 unspecified atom stereocenters. The Bertz CT molecular complexity index is 671. The highest BCUT2D eigenvalue weighted by Gasteiger charge is 2.11. The van der Waals surface area contributed by atoms with Crippen LogP contribution in [0.15, 0.2) is 36.4 Å². The average molecular weight is 327 g/mol. The van der Waals surface area contributed by atoms with Gasteiger partial charge in [-0.2, -0.15) is 0 Å². The summed E-state index contributed by atoms with van der Waals surface area (Å²) in [6.07, 6.45) is 0. The minimum Gasteiger partial charge on any atom is -0.496 e. The van der Waals surface area contributed by atoms with Gasteiger partial charge < -0.3 is 14.6 Å². The Morgan fingerprint density at radius 2 is 1.90 bits per heavy atom. The van der Waals surface area contributed by atoms with Gasteiger partial charge in [0.15, 0.2) is 0 Å². The van der Waals surface area contributed by atoms with E-state index in [0.29, 0.717) is 27.1 Å². The number of carbonyl (C=O) groups is 1. The fraction of sp³-hybridized carbons (Fsp3) is 0.133. The lowest BCUT2D eigenvalue weighted by Crippen LogP contribution is -2.03. The molecule has 2 aromatic rings. The summed E-state index contributed by atoms with van der Waals surface area (Å²) in [5, 5.41) is 9.94. The highest BCUT2D eigenvalue weighted by Crippen LogP contribution is 2.29. The Balaban J connectivity index is 2.24. The van der Waals surface area contributed by atoms with E-state index >= 15 is 0 Å². The molecule has 0 amide bonds. The number of methoxy groups -OCH3 is 1. The van der Waals surface area contributed by atoms with Gasteiger partial charge in [-0.25, -0.2) is 4.79 Å². The molecule has 0 saturated heterocycles. The molecule has 0 aliphatic rings. The summed E-state index contributed by atoms with van der Waals surface area (Å²) in [5.41, 5.74) is 0.764. The second-order valence-corrected chi connectivity index (χ2v) is 5.04. The van der Waals surface area contributed by atoms with Crippen LogP contribution in [0.5, 0.6) is 11.5 Å². The van der Waals surface area contributed by atoms with E-state index in [4.69, 9.17) is 37.8 Å². The van der Waals surface area contributed by atoms with Crippen LogP contribution in [0.25, 0.3) is 0 Å². The highest BCUT2D eigenvalue weighted by atomic mass is 35.5. The van der Waals surface area contributed by atoms with Gasteiger partial charge in [-0.15, -0.1) is 0 Å². The predicted octanol–water partition coefficient (Wildman–Crippen LogP) is 4.28. The van der Waals surface area contributed by atoms with Gasteiger partial charge in [0.1, 0.15) is 18.1 Å².